The number of amides is 1. The van der Waals surface area contributed by atoms with Crippen molar-refractivity contribution >= 4 is 39.1 Å². The molecule has 4 aromatic rings. The zero-order chi connectivity index (χ0) is 26.0. The highest BCUT2D eigenvalue weighted by atomic mass is 32.1. The number of rotatable bonds is 7. The fraction of sp³-hybridized carbons (Fsp3) is 0.286. The Bertz CT molecular complexity index is 1520. The number of carbonyl (C=O) groups excluding carboxylic acids is 2. The average Bonchev–Trinajstić information content (AvgIpc) is 3.19. The van der Waals surface area contributed by atoms with Crippen LogP contribution in [0.15, 0.2) is 53.6 Å². The monoisotopic (exact) mass is 503 g/mol. The molecule has 0 aliphatic heterocycles. The third kappa shape index (κ3) is 4.81. The van der Waals surface area contributed by atoms with E-state index in [0.29, 0.717) is 27.9 Å². The van der Waals surface area contributed by atoms with Crippen molar-refractivity contribution in [2.24, 2.45) is 0 Å². The van der Waals surface area contributed by atoms with Gasteiger partial charge in [-0.1, -0.05) is 31.2 Å². The van der Waals surface area contributed by atoms with Gasteiger partial charge >= 0.3 is 5.97 Å². The first-order valence-corrected chi connectivity index (χ1v) is 12.7. The van der Waals surface area contributed by atoms with Gasteiger partial charge in [-0.05, 0) is 69.0 Å². The van der Waals surface area contributed by atoms with E-state index in [1.807, 2.05) is 26.8 Å². The van der Waals surface area contributed by atoms with Crippen LogP contribution in [-0.4, -0.2) is 28.0 Å². The number of hydrogen-bond acceptors (Lipinski definition) is 6. The van der Waals surface area contributed by atoms with Crippen molar-refractivity contribution in [2.45, 2.75) is 47.1 Å². The normalized spacial score (nSPS) is 11.9. The average molecular weight is 504 g/mol. The molecule has 1 amide bonds. The molecule has 0 spiro atoms. The largest absolute Gasteiger partial charge is 0.462 e. The van der Waals surface area contributed by atoms with E-state index in [1.54, 1.807) is 31.2 Å². The van der Waals surface area contributed by atoms with Gasteiger partial charge < -0.3 is 10.1 Å². The van der Waals surface area contributed by atoms with Crippen molar-refractivity contribution in [3.8, 4) is 11.1 Å². The molecule has 7 nitrogen and oxygen atoms in total. The van der Waals surface area contributed by atoms with Gasteiger partial charge in [-0.2, -0.15) is 0 Å². The topological polar surface area (TPSA) is 90.3 Å². The fourth-order valence-corrected chi connectivity index (χ4v) is 5.26. The minimum Gasteiger partial charge on any atom is -0.462 e. The summed E-state index contributed by atoms with van der Waals surface area (Å²) in [5, 5.41) is 3.36. The van der Waals surface area contributed by atoms with Crippen molar-refractivity contribution in [3.05, 3.63) is 80.7 Å². The minimum atomic E-state index is -0.770. The lowest BCUT2D eigenvalue weighted by atomic mass is 9.99. The summed E-state index contributed by atoms with van der Waals surface area (Å²) in [5.41, 5.74) is 4.70. The number of hydrogen-bond donors (Lipinski definition) is 1. The number of thiophene rings is 1. The fourth-order valence-electron chi connectivity index (χ4n) is 4.25. The minimum absolute atomic E-state index is 0.250. The van der Waals surface area contributed by atoms with Crippen LogP contribution in [0.5, 0.6) is 0 Å². The molecule has 36 heavy (non-hydrogen) atoms. The van der Waals surface area contributed by atoms with Crippen molar-refractivity contribution < 1.29 is 14.3 Å². The third-order valence-electron chi connectivity index (χ3n) is 6.28. The molecule has 0 saturated heterocycles. The first-order valence-electron chi connectivity index (χ1n) is 11.9. The molecular weight excluding hydrogens is 474 g/mol. The highest BCUT2D eigenvalue weighted by molar-refractivity contribution is 7.19. The van der Waals surface area contributed by atoms with Crippen molar-refractivity contribution in [3.63, 3.8) is 0 Å². The number of esters is 1. The maximum atomic E-state index is 13.7. The Kier molecular flexibility index (Phi) is 7.35. The number of aromatic nitrogens is 2. The molecule has 0 radical (unpaired) electrons. The number of nitrogens with zero attached hydrogens (tertiary/aromatic N) is 2. The quantitative estimate of drug-likeness (QED) is 0.321. The summed E-state index contributed by atoms with van der Waals surface area (Å²) in [6.45, 7) is 9.93. The summed E-state index contributed by atoms with van der Waals surface area (Å²) >= 11 is 1.48. The first-order chi connectivity index (χ1) is 17.2. The number of benzene rings is 2. The molecule has 1 atom stereocenters. The SMILES string of the molecule is CCOC(=O)c1cccc(NC(=O)C(CC)n2cnc3sc(C)c(-c4ccc(C)c(C)c4)c3c2=O)c1. The van der Waals surface area contributed by atoms with E-state index in [2.05, 4.69) is 29.4 Å². The van der Waals surface area contributed by atoms with E-state index in [9.17, 15) is 14.4 Å². The molecule has 1 unspecified atom stereocenters. The molecule has 0 saturated carbocycles. The second kappa shape index (κ2) is 10.5. The van der Waals surface area contributed by atoms with Crippen LogP contribution in [0.2, 0.25) is 0 Å². The number of carbonyl (C=O) groups is 2. The number of anilines is 1. The zero-order valence-corrected chi connectivity index (χ0v) is 21.9. The van der Waals surface area contributed by atoms with E-state index in [-0.39, 0.29) is 18.1 Å². The van der Waals surface area contributed by atoms with Gasteiger partial charge in [-0.3, -0.25) is 14.2 Å². The van der Waals surface area contributed by atoms with Gasteiger partial charge in [-0.25, -0.2) is 9.78 Å². The molecule has 186 valence electrons. The lowest BCUT2D eigenvalue weighted by Crippen LogP contribution is -2.33. The van der Waals surface area contributed by atoms with Gasteiger partial charge in [0.15, 0.2) is 0 Å². The van der Waals surface area contributed by atoms with E-state index < -0.39 is 12.0 Å². The van der Waals surface area contributed by atoms with E-state index in [0.717, 1.165) is 21.6 Å². The second-order valence-electron chi connectivity index (χ2n) is 8.68. The highest BCUT2D eigenvalue weighted by Crippen LogP contribution is 2.36. The molecule has 1 N–H and O–H groups in total. The Morgan fingerprint density at radius 3 is 2.56 bits per heavy atom. The number of nitrogens with one attached hydrogen (secondary N) is 1. The lowest BCUT2D eigenvalue weighted by Gasteiger charge is -2.18. The Morgan fingerprint density at radius 1 is 1.08 bits per heavy atom. The molecule has 0 aliphatic rings. The van der Waals surface area contributed by atoms with Gasteiger partial charge in [0.1, 0.15) is 10.9 Å². The molecular formula is C28H29N3O4S. The number of fused-ring (bicyclic) bond motifs is 1. The Morgan fingerprint density at radius 2 is 1.86 bits per heavy atom. The Hall–Kier alpha value is -3.78. The van der Waals surface area contributed by atoms with Crippen LogP contribution in [0.3, 0.4) is 0 Å². The van der Waals surface area contributed by atoms with Crippen LogP contribution in [-0.2, 0) is 9.53 Å². The van der Waals surface area contributed by atoms with Crippen molar-refractivity contribution in [1.29, 1.82) is 0 Å². The number of aryl methyl sites for hydroxylation is 3. The zero-order valence-electron chi connectivity index (χ0n) is 21.0. The molecule has 4 rings (SSSR count). The lowest BCUT2D eigenvalue weighted by molar-refractivity contribution is -0.119. The maximum Gasteiger partial charge on any atom is 0.338 e. The van der Waals surface area contributed by atoms with Crippen LogP contribution in [0.25, 0.3) is 21.3 Å². The van der Waals surface area contributed by atoms with Crippen LogP contribution >= 0.6 is 11.3 Å². The van der Waals surface area contributed by atoms with E-state index in [4.69, 9.17) is 4.74 Å². The predicted molar refractivity (Wildman–Crippen MR) is 144 cm³/mol. The molecule has 2 heterocycles. The highest BCUT2D eigenvalue weighted by Gasteiger charge is 2.24. The summed E-state index contributed by atoms with van der Waals surface area (Å²) in [4.78, 5) is 45.3. The van der Waals surface area contributed by atoms with Crippen LogP contribution in [0.4, 0.5) is 5.69 Å². The Labute approximate surface area is 213 Å². The standard InChI is InChI=1S/C28H29N3O4S/c1-6-22(25(32)30-21-10-8-9-20(14-21)28(34)35-7-2)31-15-29-26-24(27(31)33)23(18(5)36-26)19-12-11-16(3)17(4)13-19/h8-15,22H,6-7H2,1-5H3,(H,30,32). The number of ether oxygens (including phenoxy) is 1. The third-order valence-corrected chi connectivity index (χ3v) is 7.29. The summed E-state index contributed by atoms with van der Waals surface area (Å²) in [5.74, 6) is -0.820. The molecule has 2 aromatic carbocycles. The van der Waals surface area contributed by atoms with E-state index in [1.165, 1.54) is 27.8 Å². The predicted octanol–water partition coefficient (Wildman–Crippen LogP) is 5.82. The van der Waals surface area contributed by atoms with Gasteiger partial charge in [0.2, 0.25) is 5.91 Å². The van der Waals surface area contributed by atoms with Gasteiger partial charge in [0, 0.05) is 16.1 Å². The van der Waals surface area contributed by atoms with Gasteiger partial charge in [0.25, 0.3) is 5.56 Å². The Balaban J connectivity index is 1.72. The van der Waals surface area contributed by atoms with Crippen LogP contribution in [0, 0.1) is 20.8 Å². The molecule has 8 heteroatoms. The summed E-state index contributed by atoms with van der Waals surface area (Å²) in [6, 6.07) is 11.9. The molecule has 0 fully saturated rings. The van der Waals surface area contributed by atoms with E-state index >= 15 is 0 Å². The summed E-state index contributed by atoms with van der Waals surface area (Å²) in [6.07, 6.45) is 1.84. The van der Waals surface area contributed by atoms with Crippen molar-refractivity contribution in [2.75, 3.05) is 11.9 Å². The molecule has 0 bridgehead atoms. The molecule has 2 aromatic heterocycles. The molecule has 0 aliphatic carbocycles. The van der Waals surface area contributed by atoms with Gasteiger partial charge in [0.05, 0.1) is 23.9 Å². The maximum absolute atomic E-state index is 13.7. The smallest absolute Gasteiger partial charge is 0.338 e. The van der Waals surface area contributed by atoms with Crippen LogP contribution in [0.1, 0.15) is 52.7 Å². The van der Waals surface area contributed by atoms with Gasteiger partial charge in [-0.15, -0.1) is 11.3 Å². The summed E-state index contributed by atoms with van der Waals surface area (Å²) in [7, 11) is 0. The van der Waals surface area contributed by atoms with Crippen molar-refractivity contribution in [1.82, 2.24) is 9.55 Å². The van der Waals surface area contributed by atoms with Crippen LogP contribution < -0.4 is 10.9 Å². The second-order valence-corrected chi connectivity index (χ2v) is 9.89. The first kappa shape index (κ1) is 25.3. The summed E-state index contributed by atoms with van der Waals surface area (Å²) < 4.78 is 6.45.